The minimum atomic E-state index is -0.764. The topological polar surface area (TPSA) is 90.9 Å². The highest BCUT2D eigenvalue weighted by Crippen LogP contribution is 2.19. The van der Waals surface area contributed by atoms with Crippen LogP contribution in [0.15, 0.2) is 54.1 Å². The first-order chi connectivity index (χ1) is 15.0. The fraction of sp³-hybridized carbons (Fsp3) is 0.375. The van der Waals surface area contributed by atoms with E-state index in [2.05, 4.69) is 17.2 Å². The van der Waals surface area contributed by atoms with E-state index in [0.29, 0.717) is 13.0 Å². The van der Waals surface area contributed by atoms with Crippen molar-refractivity contribution in [1.29, 1.82) is 0 Å². The summed E-state index contributed by atoms with van der Waals surface area (Å²) in [5, 5.41) is 2.80. The lowest BCUT2D eigenvalue weighted by Gasteiger charge is -2.22. The Balaban J connectivity index is 1.74. The summed E-state index contributed by atoms with van der Waals surface area (Å²) in [7, 11) is 0. The number of carbonyl (C=O) groups is 3. The molecule has 7 nitrogen and oxygen atoms in total. The van der Waals surface area contributed by atoms with Gasteiger partial charge >= 0.3 is 18.0 Å². The molecule has 7 heteroatoms. The summed E-state index contributed by atoms with van der Waals surface area (Å²) in [6, 6.07) is 9.22. The van der Waals surface area contributed by atoms with Gasteiger partial charge in [-0.25, -0.2) is 14.4 Å². The van der Waals surface area contributed by atoms with Crippen LogP contribution >= 0.6 is 0 Å². The van der Waals surface area contributed by atoms with Crippen molar-refractivity contribution in [3.8, 4) is 11.8 Å². The monoisotopic (exact) mass is 425 g/mol. The van der Waals surface area contributed by atoms with E-state index in [4.69, 9.17) is 14.2 Å². The summed E-state index contributed by atoms with van der Waals surface area (Å²) in [5.41, 5.74) is 1.78. The lowest BCUT2D eigenvalue weighted by Crippen LogP contribution is -2.36. The maximum absolute atomic E-state index is 12.0. The van der Waals surface area contributed by atoms with Crippen molar-refractivity contribution in [3.05, 3.63) is 59.7 Å². The van der Waals surface area contributed by atoms with E-state index < -0.39 is 24.1 Å². The maximum atomic E-state index is 12.0. The minimum absolute atomic E-state index is 0.0357. The van der Waals surface area contributed by atoms with Crippen LogP contribution in [0.3, 0.4) is 0 Å². The molecule has 0 aliphatic heterocycles. The largest absolute Gasteiger partial charge is 0.451 e. The summed E-state index contributed by atoms with van der Waals surface area (Å²) < 4.78 is 15.1. The smallest absolute Gasteiger partial charge is 0.407 e. The van der Waals surface area contributed by atoms with Crippen molar-refractivity contribution in [3.63, 3.8) is 0 Å². The molecule has 0 aromatic heterocycles. The molecule has 31 heavy (non-hydrogen) atoms. The number of rotatable bonds is 7. The van der Waals surface area contributed by atoms with E-state index in [9.17, 15) is 14.4 Å². The van der Waals surface area contributed by atoms with Crippen LogP contribution in [0.4, 0.5) is 4.79 Å². The molecule has 1 amide bonds. The van der Waals surface area contributed by atoms with E-state index in [1.54, 1.807) is 19.9 Å². The Hall–Kier alpha value is -3.53. The van der Waals surface area contributed by atoms with Gasteiger partial charge in [0, 0.05) is 18.0 Å². The predicted octanol–water partition coefficient (Wildman–Crippen LogP) is 3.45. The molecule has 1 aliphatic carbocycles. The van der Waals surface area contributed by atoms with Crippen molar-refractivity contribution in [1.82, 2.24) is 5.32 Å². The molecule has 2 atom stereocenters. The van der Waals surface area contributed by atoms with Crippen molar-refractivity contribution in [2.24, 2.45) is 0 Å². The lowest BCUT2D eigenvalue weighted by atomic mass is 9.94. The van der Waals surface area contributed by atoms with Crippen LogP contribution in [0.1, 0.15) is 38.7 Å². The standard InChI is InChI=1S/C24H27NO6/c1-3-29-24(28)25-21-11-7-10-19(16-21)13-15-23(27)31-18(2)12-14-22(26)30-17-20-8-5-4-6-9-20/h4-6,8-10,13,15,18,21H,3,7,11,16-17H2,1-2H3,(H,25,28)/t18-,21-/m1/s1. The van der Waals surface area contributed by atoms with Gasteiger partial charge in [-0.15, -0.1) is 0 Å². The van der Waals surface area contributed by atoms with Crippen LogP contribution < -0.4 is 5.32 Å². The number of nitrogens with one attached hydrogen (secondary N) is 1. The molecular formula is C24H27NO6. The Kier molecular flexibility index (Phi) is 9.89. The zero-order chi connectivity index (χ0) is 22.5. The minimum Gasteiger partial charge on any atom is -0.451 e. The van der Waals surface area contributed by atoms with Crippen LogP contribution in [0.5, 0.6) is 0 Å². The summed E-state index contributed by atoms with van der Waals surface area (Å²) in [4.78, 5) is 35.2. The molecule has 0 radical (unpaired) electrons. The number of esters is 2. The van der Waals surface area contributed by atoms with Gasteiger partial charge in [-0.1, -0.05) is 42.5 Å². The Morgan fingerprint density at radius 3 is 2.74 bits per heavy atom. The highest BCUT2D eigenvalue weighted by atomic mass is 16.6. The summed E-state index contributed by atoms with van der Waals surface area (Å²) in [6.45, 7) is 3.77. The Morgan fingerprint density at radius 2 is 2.00 bits per heavy atom. The molecule has 1 aromatic carbocycles. The third-order valence-electron chi connectivity index (χ3n) is 4.32. The molecule has 0 fully saturated rings. The van der Waals surface area contributed by atoms with Crippen LogP contribution in [0.2, 0.25) is 0 Å². The van der Waals surface area contributed by atoms with Crippen molar-refractivity contribution in [2.45, 2.75) is 51.9 Å². The van der Waals surface area contributed by atoms with E-state index in [1.165, 1.54) is 6.08 Å². The number of carbonyl (C=O) groups excluding carboxylic acids is 3. The molecule has 0 unspecified atom stereocenters. The van der Waals surface area contributed by atoms with Crippen LogP contribution in [0.25, 0.3) is 0 Å². The van der Waals surface area contributed by atoms with Gasteiger partial charge in [-0.2, -0.15) is 0 Å². The highest BCUT2D eigenvalue weighted by Gasteiger charge is 2.17. The molecule has 1 N–H and O–H groups in total. The Labute approximate surface area is 182 Å². The highest BCUT2D eigenvalue weighted by molar-refractivity contribution is 5.88. The normalized spacial score (nSPS) is 16.3. The van der Waals surface area contributed by atoms with Gasteiger partial charge in [0.15, 0.2) is 6.10 Å². The second-order valence-corrected chi connectivity index (χ2v) is 6.87. The van der Waals surface area contributed by atoms with Gasteiger partial charge in [0.2, 0.25) is 0 Å². The summed E-state index contributed by atoms with van der Waals surface area (Å²) in [5.74, 6) is 3.62. The zero-order valence-electron chi connectivity index (χ0n) is 17.8. The van der Waals surface area contributed by atoms with E-state index in [-0.39, 0.29) is 12.6 Å². The van der Waals surface area contributed by atoms with E-state index in [0.717, 1.165) is 24.0 Å². The Morgan fingerprint density at radius 1 is 1.23 bits per heavy atom. The number of allylic oxidation sites excluding steroid dienone is 2. The van der Waals surface area contributed by atoms with Crippen molar-refractivity contribution in [2.75, 3.05) is 6.61 Å². The first-order valence-corrected chi connectivity index (χ1v) is 10.2. The zero-order valence-corrected chi connectivity index (χ0v) is 17.8. The fourth-order valence-electron chi connectivity index (χ4n) is 2.88. The van der Waals surface area contributed by atoms with Gasteiger partial charge in [-0.3, -0.25) is 0 Å². The SMILES string of the molecule is CCOC(=O)N[C@@H]1CCC=C(C=CC(=O)O[C@H](C)C#CC(=O)OCc2ccccc2)C1. The fourth-order valence-corrected chi connectivity index (χ4v) is 2.88. The van der Waals surface area contributed by atoms with Crippen LogP contribution in [-0.2, 0) is 30.4 Å². The van der Waals surface area contributed by atoms with Crippen molar-refractivity contribution < 1.29 is 28.6 Å². The average Bonchev–Trinajstić information content (AvgIpc) is 2.76. The van der Waals surface area contributed by atoms with E-state index in [1.807, 2.05) is 36.4 Å². The quantitative estimate of drug-likeness (QED) is 0.237. The van der Waals surface area contributed by atoms with Crippen LogP contribution in [-0.4, -0.2) is 36.8 Å². The molecule has 0 saturated carbocycles. The third kappa shape index (κ3) is 9.68. The molecule has 0 spiro atoms. The Bertz CT molecular complexity index is 878. The molecule has 1 aliphatic rings. The maximum Gasteiger partial charge on any atom is 0.407 e. The third-order valence-corrected chi connectivity index (χ3v) is 4.32. The molecule has 0 saturated heterocycles. The second kappa shape index (κ2) is 12.9. The van der Waals surface area contributed by atoms with Crippen LogP contribution in [0, 0.1) is 11.8 Å². The average molecular weight is 425 g/mol. The predicted molar refractivity (Wildman–Crippen MR) is 115 cm³/mol. The molecule has 2 rings (SSSR count). The first kappa shape index (κ1) is 23.7. The molecule has 1 aromatic rings. The molecule has 164 valence electrons. The number of benzene rings is 1. The molecule has 0 heterocycles. The van der Waals surface area contributed by atoms with Gasteiger partial charge in [0.05, 0.1) is 6.61 Å². The summed E-state index contributed by atoms with van der Waals surface area (Å²) >= 11 is 0. The lowest BCUT2D eigenvalue weighted by molar-refractivity contribution is -0.140. The van der Waals surface area contributed by atoms with Gasteiger partial charge in [-0.05, 0) is 50.2 Å². The summed E-state index contributed by atoms with van der Waals surface area (Å²) in [6.07, 6.45) is 5.99. The molecule has 0 bridgehead atoms. The second-order valence-electron chi connectivity index (χ2n) is 6.87. The van der Waals surface area contributed by atoms with Crippen molar-refractivity contribution >= 4 is 18.0 Å². The number of hydrogen-bond donors (Lipinski definition) is 1. The molecular weight excluding hydrogens is 398 g/mol. The number of ether oxygens (including phenoxy) is 3. The van der Waals surface area contributed by atoms with Gasteiger partial charge < -0.3 is 19.5 Å². The van der Waals surface area contributed by atoms with E-state index >= 15 is 0 Å². The van der Waals surface area contributed by atoms with Gasteiger partial charge in [0.25, 0.3) is 0 Å². The number of alkyl carbamates (subject to hydrolysis) is 1. The van der Waals surface area contributed by atoms with Gasteiger partial charge in [0.1, 0.15) is 6.61 Å². The number of hydrogen-bond acceptors (Lipinski definition) is 6. The number of amides is 1. The first-order valence-electron chi connectivity index (χ1n) is 10.2.